The summed E-state index contributed by atoms with van der Waals surface area (Å²) in [5.41, 5.74) is 0.695. The van der Waals surface area contributed by atoms with Gasteiger partial charge in [0.15, 0.2) is 0 Å². The number of aryl methyl sites for hydroxylation is 1. The van der Waals surface area contributed by atoms with Crippen LogP contribution in [0.2, 0.25) is 10.2 Å². The first kappa shape index (κ1) is 23.4. The lowest BCUT2D eigenvalue weighted by Crippen LogP contribution is -2.35. The Morgan fingerprint density at radius 3 is 2.45 bits per heavy atom. The molecule has 174 valence electrons. The van der Waals surface area contributed by atoms with E-state index in [1.165, 1.54) is 4.68 Å². The molecular formula is C22H20Cl2F3N5O. The highest BCUT2D eigenvalue weighted by atomic mass is 35.5. The van der Waals surface area contributed by atoms with Crippen LogP contribution in [0.1, 0.15) is 28.0 Å². The van der Waals surface area contributed by atoms with Crippen molar-refractivity contribution in [1.82, 2.24) is 19.7 Å². The second-order valence-corrected chi connectivity index (χ2v) is 8.42. The van der Waals surface area contributed by atoms with Crippen molar-refractivity contribution < 1.29 is 18.0 Å². The number of anilines is 1. The Labute approximate surface area is 198 Å². The summed E-state index contributed by atoms with van der Waals surface area (Å²) < 4.78 is 40.3. The van der Waals surface area contributed by atoms with Gasteiger partial charge in [-0.3, -0.25) is 4.79 Å². The molecule has 1 saturated heterocycles. The lowest BCUT2D eigenvalue weighted by atomic mass is 10.2. The zero-order chi connectivity index (χ0) is 23.8. The van der Waals surface area contributed by atoms with Crippen LogP contribution in [0.5, 0.6) is 0 Å². The van der Waals surface area contributed by atoms with Gasteiger partial charge in [-0.1, -0.05) is 41.4 Å². The van der Waals surface area contributed by atoms with E-state index in [2.05, 4.69) is 10.1 Å². The third kappa shape index (κ3) is 4.79. The number of benzene rings is 1. The smallest absolute Gasteiger partial charge is 0.354 e. The lowest BCUT2D eigenvalue weighted by Gasteiger charge is -2.24. The quantitative estimate of drug-likeness (QED) is 0.495. The molecule has 6 nitrogen and oxygen atoms in total. The highest BCUT2D eigenvalue weighted by Gasteiger charge is 2.33. The molecule has 0 unspecified atom stereocenters. The van der Waals surface area contributed by atoms with Gasteiger partial charge >= 0.3 is 6.18 Å². The van der Waals surface area contributed by atoms with Gasteiger partial charge in [0, 0.05) is 32.4 Å². The standard InChI is InChI=1S/C22H20Cl2F3N5O/c1-14-18(19(24)32(29-14)16-6-3-2-4-7-16)21(33)31-9-5-8-30(10-11-31)20-17(23)12-15(13-28-20)22(25,26)27/h2-4,6-7,12-13H,5,8-11H2,1H3. The molecule has 1 aliphatic heterocycles. The Morgan fingerprint density at radius 1 is 1.06 bits per heavy atom. The van der Waals surface area contributed by atoms with Gasteiger partial charge in [0.2, 0.25) is 0 Å². The van der Waals surface area contributed by atoms with E-state index in [1.54, 1.807) is 16.7 Å². The van der Waals surface area contributed by atoms with Gasteiger partial charge in [0.25, 0.3) is 5.91 Å². The van der Waals surface area contributed by atoms with Crippen LogP contribution in [0, 0.1) is 6.92 Å². The number of pyridine rings is 1. The number of hydrogen-bond acceptors (Lipinski definition) is 4. The molecule has 1 amide bonds. The van der Waals surface area contributed by atoms with Crippen LogP contribution in [-0.2, 0) is 6.18 Å². The summed E-state index contributed by atoms with van der Waals surface area (Å²) in [5.74, 6) is 0.0260. The van der Waals surface area contributed by atoms with E-state index < -0.39 is 11.7 Å². The topological polar surface area (TPSA) is 54.3 Å². The minimum Gasteiger partial charge on any atom is -0.354 e. The van der Waals surface area contributed by atoms with Crippen molar-refractivity contribution in [3.05, 3.63) is 69.6 Å². The first-order valence-electron chi connectivity index (χ1n) is 10.2. The molecule has 3 aromatic rings. The number of nitrogens with zero attached hydrogens (tertiary/aromatic N) is 5. The average molecular weight is 498 g/mol. The van der Waals surface area contributed by atoms with Crippen molar-refractivity contribution in [3.8, 4) is 5.69 Å². The monoisotopic (exact) mass is 497 g/mol. The number of aromatic nitrogens is 3. The lowest BCUT2D eigenvalue weighted by molar-refractivity contribution is -0.137. The van der Waals surface area contributed by atoms with E-state index in [-0.39, 0.29) is 21.9 Å². The van der Waals surface area contributed by atoms with Gasteiger partial charge in [-0.2, -0.15) is 18.3 Å². The van der Waals surface area contributed by atoms with E-state index >= 15 is 0 Å². The third-order valence-electron chi connectivity index (χ3n) is 5.45. The van der Waals surface area contributed by atoms with Crippen LogP contribution in [0.3, 0.4) is 0 Å². The summed E-state index contributed by atoms with van der Waals surface area (Å²) in [7, 11) is 0. The fraction of sp³-hybridized carbons (Fsp3) is 0.318. The maximum atomic E-state index is 13.3. The van der Waals surface area contributed by atoms with Crippen molar-refractivity contribution in [2.24, 2.45) is 0 Å². The van der Waals surface area contributed by atoms with Crippen molar-refractivity contribution in [3.63, 3.8) is 0 Å². The second kappa shape index (κ2) is 9.23. The third-order valence-corrected chi connectivity index (χ3v) is 6.08. The number of halogens is 5. The number of alkyl halides is 3. The summed E-state index contributed by atoms with van der Waals surface area (Å²) in [4.78, 5) is 20.7. The maximum absolute atomic E-state index is 13.3. The molecular weight excluding hydrogens is 478 g/mol. The molecule has 1 fully saturated rings. The van der Waals surface area contributed by atoms with Gasteiger partial charge in [-0.15, -0.1) is 0 Å². The Hall–Kier alpha value is -2.78. The molecule has 0 N–H and O–H groups in total. The molecule has 1 aliphatic rings. The molecule has 2 aromatic heterocycles. The number of carbonyl (C=O) groups excluding carboxylic acids is 1. The second-order valence-electron chi connectivity index (χ2n) is 7.66. The van der Waals surface area contributed by atoms with Crippen LogP contribution in [0.25, 0.3) is 5.69 Å². The zero-order valence-corrected chi connectivity index (χ0v) is 19.1. The molecule has 11 heteroatoms. The van der Waals surface area contributed by atoms with Crippen LogP contribution >= 0.6 is 23.2 Å². The summed E-state index contributed by atoms with van der Waals surface area (Å²) in [6.45, 7) is 3.39. The molecule has 3 heterocycles. The molecule has 0 atom stereocenters. The van der Waals surface area contributed by atoms with Gasteiger partial charge < -0.3 is 9.80 Å². The predicted molar refractivity (Wildman–Crippen MR) is 120 cm³/mol. The largest absolute Gasteiger partial charge is 0.417 e. The van der Waals surface area contributed by atoms with Crippen LogP contribution < -0.4 is 4.90 Å². The van der Waals surface area contributed by atoms with Crippen LogP contribution in [0.15, 0.2) is 42.6 Å². The summed E-state index contributed by atoms with van der Waals surface area (Å²) in [6, 6.07) is 10.1. The molecule has 0 aliphatic carbocycles. The number of amides is 1. The summed E-state index contributed by atoms with van der Waals surface area (Å²) >= 11 is 12.6. The number of rotatable bonds is 3. The molecule has 1 aromatic carbocycles. The number of hydrogen-bond donors (Lipinski definition) is 0. The number of carbonyl (C=O) groups is 1. The normalized spacial score (nSPS) is 15.0. The van der Waals surface area contributed by atoms with Crippen LogP contribution in [0.4, 0.5) is 19.0 Å². The van der Waals surface area contributed by atoms with Crippen LogP contribution in [-0.4, -0.2) is 51.8 Å². The van der Waals surface area contributed by atoms with E-state index in [0.29, 0.717) is 43.9 Å². The molecule has 0 bridgehead atoms. The SMILES string of the molecule is Cc1nn(-c2ccccc2)c(Cl)c1C(=O)N1CCCN(c2ncc(C(F)(F)F)cc2Cl)CC1. The maximum Gasteiger partial charge on any atom is 0.417 e. The van der Waals surface area contributed by atoms with Gasteiger partial charge in [-0.25, -0.2) is 9.67 Å². The van der Waals surface area contributed by atoms with E-state index in [0.717, 1.165) is 18.0 Å². The first-order valence-corrected chi connectivity index (χ1v) is 11.0. The molecule has 0 saturated carbocycles. The Balaban J connectivity index is 1.52. The molecule has 33 heavy (non-hydrogen) atoms. The molecule has 4 rings (SSSR count). The Kier molecular flexibility index (Phi) is 6.54. The summed E-state index contributed by atoms with van der Waals surface area (Å²) in [6.07, 6.45) is -3.15. The van der Waals surface area contributed by atoms with E-state index in [9.17, 15) is 18.0 Å². The fourth-order valence-corrected chi connectivity index (χ4v) is 4.43. The zero-order valence-electron chi connectivity index (χ0n) is 17.6. The highest BCUT2D eigenvalue weighted by Crippen LogP contribution is 2.34. The van der Waals surface area contributed by atoms with Crippen molar-refractivity contribution in [2.75, 3.05) is 31.1 Å². The number of para-hydroxylation sites is 1. The van der Waals surface area contributed by atoms with Crippen molar-refractivity contribution in [1.29, 1.82) is 0 Å². The van der Waals surface area contributed by atoms with Gasteiger partial charge in [0.05, 0.1) is 27.5 Å². The average Bonchev–Trinajstić information content (AvgIpc) is 2.93. The van der Waals surface area contributed by atoms with Gasteiger partial charge in [0.1, 0.15) is 11.0 Å². The van der Waals surface area contributed by atoms with Crippen molar-refractivity contribution >= 4 is 34.9 Å². The Morgan fingerprint density at radius 2 is 1.79 bits per heavy atom. The summed E-state index contributed by atoms with van der Waals surface area (Å²) in [5, 5.41) is 4.59. The van der Waals surface area contributed by atoms with Gasteiger partial charge in [-0.05, 0) is 31.5 Å². The van der Waals surface area contributed by atoms with E-state index in [1.807, 2.05) is 30.3 Å². The minimum absolute atomic E-state index is 0.0763. The Bertz CT molecular complexity index is 1170. The predicted octanol–water partition coefficient (Wildman–Crippen LogP) is 5.25. The van der Waals surface area contributed by atoms with Crippen molar-refractivity contribution in [2.45, 2.75) is 19.5 Å². The highest BCUT2D eigenvalue weighted by molar-refractivity contribution is 6.33. The molecule has 0 spiro atoms. The fourth-order valence-electron chi connectivity index (χ4n) is 3.79. The van der Waals surface area contributed by atoms with E-state index in [4.69, 9.17) is 23.2 Å². The minimum atomic E-state index is -4.52. The first-order chi connectivity index (χ1) is 15.7. The molecule has 0 radical (unpaired) electrons.